The van der Waals surface area contributed by atoms with E-state index in [1.807, 2.05) is 24.0 Å². The van der Waals surface area contributed by atoms with Crippen LogP contribution in [0.3, 0.4) is 0 Å². The molecule has 2 rings (SSSR count). The fourth-order valence-electron chi connectivity index (χ4n) is 3.00. The smallest absolute Gasteiger partial charge is 0.246 e. The van der Waals surface area contributed by atoms with E-state index in [9.17, 15) is 4.79 Å². The number of methoxy groups -OCH3 is 2. The van der Waals surface area contributed by atoms with Crippen LogP contribution in [0, 0.1) is 5.92 Å². The molecule has 1 aliphatic heterocycles. The summed E-state index contributed by atoms with van der Waals surface area (Å²) in [6.45, 7) is 8.54. The van der Waals surface area contributed by atoms with Crippen LogP contribution in [-0.2, 0) is 11.2 Å². The highest BCUT2D eigenvalue weighted by Gasteiger charge is 2.29. The van der Waals surface area contributed by atoms with Crippen molar-refractivity contribution < 1.29 is 14.3 Å². The van der Waals surface area contributed by atoms with Gasteiger partial charge in [0.2, 0.25) is 5.91 Å². The van der Waals surface area contributed by atoms with Crippen molar-refractivity contribution >= 4 is 5.91 Å². The van der Waals surface area contributed by atoms with E-state index >= 15 is 0 Å². The summed E-state index contributed by atoms with van der Waals surface area (Å²) >= 11 is 0. The highest BCUT2D eigenvalue weighted by atomic mass is 16.5. The molecule has 0 aliphatic carbocycles. The predicted octanol–water partition coefficient (Wildman–Crippen LogP) is 2.97. The average molecular weight is 289 g/mol. The van der Waals surface area contributed by atoms with Gasteiger partial charge >= 0.3 is 0 Å². The Balaban J connectivity index is 2.53. The summed E-state index contributed by atoms with van der Waals surface area (Å²) in [5.41, 5.74) is 2.33. The first-order valence-electron chi connectivity index (χ1n) is 7.19. The third-order valence-electron chi connectivity index (χ3n) is 4.10. The maximum atomic E-state index is 12.1. The number of hydrogen-bond acceptors (Lipinski definition) is 3. The van der Waals surface area contributed by atoms with E-state index in [4.69, 9.17) is 9.47 Å². The summed E-state index contributed by atoms with van der Waals surface area (Å²) in [6, 6.07) is 4.01. The number of ether oxygens (including phenoxy) is 2. The largest absolute Gasteiger partial charge is 0.493 e. The Morgan fingerprint density at radius 3 is 2.48 bits per heavy atom. The van der Waals surface area contributed by atoms with Gasteiger partial charge in [0.25, 0.3) is 0 Å². The van der Waals surface area contributed by atoms with Crippen LogP contribution in [0.5, 0.6) is 11.5 Å². The zero-order valence-electron chi connectivity index (χ0n) is 13.2. The third-order valence-corrected chi connectivity index (χ3v) is 4.10. The predicted molar refractivity (Wildman–Crippen MR) is 82.7 cm³/mol. The van der Waals surface area contributed by atoms with Crippen molar-refractivity contribution in [3.63, 3.8) is 0 Å². The molecule has 0 fully saturated rings. The minimum absolute atomic E-state index is 0.00439. The van der Waals surface area contributed by atoms with E-state index in [2.05, 4.69) is 13.5 Å². The lowest BCUT2D eigenvalue weighted by Crippen LogP contribution is -2.34. The maximum absolute atomic E-state index is 12.1. The molecule has 4 heteroatoms. The number of rotatable bonds is 3. The standard InChI is InChI=1S/C17H23NO3/c1-6-17(19)18-10-11(2)7-13-8-15(20-4)16(21-5)9-14(13)12(18)3/h6,8-9,11-12H,1,7,10H2,2-5H3/t11-,12-/m1/s1. The molecule has 2 atom stereocenters. The minimum Gasteiger partial charge on any atom is -0.493 e. The second kappa shape index (κ2) is 6.20. The molecule has 0 saturated carbocycles. The van der Waals surface area contributed by atoms with Crippen molar-refractivity contribution in [3.05, 3.63) is 35.9 Å². The van der Waals surface area contributed by atoms with Gasteiger partial charge in [-0.25, -0.2) is 0 Å². The van der Waals surface area contributed by atoms with Gasteiger partial charge < -0.3 is 14.4 Å². The fourth-order valence-corrected chi connectivity index (χ4v) is 3.00. The molecule has 4 nitrogen and oxygen atoms in total. The van der Waals surface area contributed by atoms with E-state index in [-0.39, 0.29) is 11.9 Å². The molecule has 0 aromatic heterocycles. The molecule has 1 aromatic carbocycles. The van der Waals surface area contributed by atoms with Gasteiger partial charge in [-0.2, -0.15) is 0 Å². The molecule has 114 valence electrons. The number of nitrogens with zero attached hydrogens (tertiary/aromatic N) is 1. The molecule has 0 bridgehead atoms. The molecule has 1 amide bonds. The lowest BCUT2D eigenvalue weighted by Gasteiger charge is -2.28. The lowest BCUT2D eigenvalue weighted by atomic mass is 9.95. The Hall–Kier alpha value is -1.97. The van der Waals surface area contributed by atoms with E-state index in [1.54, 1.807) is 14.2 Å². The molecular formula is C17H23NO3. The van der Waals surface area contributed by atoms with Crippen molar-refractivity contribution in [2.75, 3.05) is 20.8 Å². The summed E-state index contributed by atoms with van der Waals surface area (Å²) in [6.07, 6.45) is 2.30. The Labute approximate surface area is 126 Å². The van der Waals surface area contributed by atoms with Gasteiger partial charge in [-0.05, 0) is 48.6 Å². The van der Waals surface area contributed by atoms with Gasteiger partial charge in [-0.3, -0.25) is 4.79 Å². The Bertz CT molecular complexity index is 553. The van der Waals surface area contributed by atoms with Gasteiger partial charge in [-0.1, -0.05) is 13.5 Å². The van der Waals surface area contributed by atoms with Crippen LogP contribution in [0.1, 0.15) is 31.0 Å². The van der Waals surface area contributed by atoms with Crippen LogP contribution in [0.4, 0.5) is 0 Å². The molecular weight excluding hydrogens is 266 g/mol. The maximum Gasteiger partial charge on any atom is 0.246 e. The van der Waals surface area contributed by atoms with E-state index in [0.717, 1.165) is 24.3 Å². The van der Waals surface area contributed by atoms with Crippen LogP contribution < -0.4 is 9.47 Å². The van der Waals surface area contributed by atoms with Crippen LogP contribution in [0.15, 0.2) is 24.8 Å². The van der Waals surface area contributed by atoms with Crippen molar-refractivity contribution in [2.45, 2.75) is 26.3 Å². The van der Waals surface area contributed by atoms with Crippen LogP contribution in [0.2, 0.25) is 0 Å². The van der Waals surface area contributed by atoms with Gasteiger partial charge in [0, 0.05) is 6.54 Å². The molecule has 0 saturated heterocycles. The van der Waals surface area contributed by atoms with Crippen molar-refractivity contribution in [2.24, 2.45) is 5.92 Å². The normalized spacial score (nSPS) is 21.2. The van der Waals surface area contributed by atoms with Crippen LogP contribution in [-0.4, -0.2) is 31.6 Å². The van der Waals surface area contributed by atoms with Gasteiger partial charge in [0.05, 0.1) is 20.3 Å². The van der Waals surface area contributed by atoms with Crippen LogP contribution >= 0.6 is 0 Å². The first-order chi connectivity index (χ1) is 10.0. The summed E-state index contributed by atoms with van der Waals surface area (Å²) < 4.78 is 10.8. The first-order valence-corrected chi connectivity index (χ1v) is 7.19. The summed E-state index contributed by atoms with van der Waals surface area (Å²) in [4.78, 5) is 14.0. The van der Waals surface area contributed by atoms with E-state index in [1.165, 1.54) is 11.6 Å². The zero-order chi connectivity index (χ0) is 15.6. The van der Waals surface area contributed by atoms with Gasteiger partial charge in [0.15, 0.2) is 11.5 Å². The quantitative estimate of drug-likeness (QED) is 0.803. The monoisotopic (exact) mass is 289 g/mol. The van der Waals surface area contributed by atoms with Crippen molar-refractivity contribution in [1.29, 1.82) is 0 Å². The number of carbonyl (C=O) groups excluding carboxylic acids is 1. The number of benzene rings is 1. The first kappa shape index (κ1) is 15.4. The molecule has 21 heavy (non-hydrogen) atoms. The molecule has 0 radical (unpaired) electrons. The average Bonchev–Trinajstić information content (AvgIpc) is 2.61. The SMILES string of the molecule is C=CC(=O)N1C[C@H](C)Cc2cc(OC)c(OC)cc2[C@H]1C. The highest BCUT2D eigenvalue weighted by molar-refractivity contribution is 5.87. The fraction of sp³-hybridized carbons (Fsp3) is 0.471. The minimum atomic E-state index is -0.0306. The van der Waals surface area contributed by atoms with E-state index < -0.39 is 0 Å². The number of hydrogen-bond donors (Lipinski definition) is 0. The molecule has 1 aromatic rings. The molecule has 0 spiro atoms. The number of amides is 1. The summed E-state index contributed by atoms with van der Waals surface area (Å²) in [5, 5.41) is 0. The third kappa shape index (κ3) is 2.89. The summed E-state index contributed by atoms with van der Waals surface area (Å²) in [5.74, 6) is 1.79. The molecule has 1 heterocycles. The van der Waals surface area contributed by atoms with Gasteiger partial charge in [0.1, 0.15) is 0 Å². The molecule has 1 aliphatic rings. The Morgan fingerprint density at radius 2 is 1.90 bits per heavy atom. The van der Waals surface area contributed by atoms with Gasteiger partial charge in [-0.15, -0.1) is 0 Å². The molecule has 0 N–H and O–H groups in total. The second-order valence-corrected chi connectivity index (χ2v) is 5.59. The second-order valence-electron chi connectivity index (χ2n) is 5.59. The highest BCUT2D eigenvalue weighted by Crippen LogP contribution is 2.38. The lowest BCUT2D eigenvalue weighted by molar-refractivity contribution is -0.128. The summed E-state index contributed by atoms with van der Waals surface area (Å²) in [7, 11) is 3.27. The Morgan fingerprint density at radius 1 is 1.29 bits per heavy atom. The topological polar surface area (TPSA) is 38.8 Å². The number of carbonyl (C=O) groups is 1. The van der Waals surface area contributed by atoms with Crippen molar-refractivity contribution in [3.8, 4) is 11.5 Å². The zero-order valence-corrected chi connectivity index (χ0v) is 13.2. The van der Waals surface area contributed by atoms with Crippen molar-refractivity contribution in [1.82, 2.24) is 4.90 Å². The van der Waals surface area contributed by atoms with Crippen LogP contribution in [0.25, 0.3) is 0 Å². The molecule has 0 unspecified atom stereocenters. The van der Waals surface area contributed by atoms with E-state index in [0.29, 0.717) is 11.7 Å². The number of fused-ring (bicyclic) bond motifs is 1. The Kier molecular flexibility index (Phi) is 4.56.